The van der Waals surface area contributed by atoms with Gasteiger partial charge >= 0.3 is 5.97 Å². The number of ether oxygens (including phenoxy) is 2. The zero-order chi connectivity index (χ0) is 17.1. The Kier molecular flexibility index (Phi) is 8.20. The Labute approximate surface area is 135 Å². The maximum Gasteiger partial charge on any atom is 0.347 e. The molecule has 7 nitrogen and oxygen atoms in total. The zero-order valence-electron chi connectivity index (χ0n) is 13.3. The summed E-state index contributed by atoms with van der Waals surface area (Å²) in [6.45, 7) is 3.41. The third-order valence-corrected chi connectivity index (χ3v) is 2.75. The van der Waals surface area contributed by atoms with Crippen molar-refractivity contribution in [3.05, 3.63) is 30.3 Å². The largest absolute Gasteiger partial charge is 0.479 e. The molecule has 0 aliphatic rings. The SMILES string of the molecule is CCCNC(=O)CNC(=O)COC(=O)[C@@H](C)Oc1ccccc1. The quantitative estimate of drug-likeness (QED) is 0.651. The number of nitrogens with one attached hydrogen (secondary N) is 2. The van der Waals surface area contributed by atoms with Crippen molar-refractivity contribution in [2.24, 2.45) is 0 Å². The van der Waals surface area contributed by atoms with Crippen LogP contribution in [0.25, 0.3) is 0 Å². The lowest BCUT2D eigenvalue weighted by Crippen LogP contribution is -2.39. The van der Waals surface area contributed by atoms with Crippen molar-refractivity contribution in [2.75, 3.05) is 19.7 Å². The molecule has 0 fully saturated rings. The van der Waals surface area contributed by atoms with Crippen LogP contribution in [0, 0.1) is 0 Å². The Morgan fingerprint density at radius 3 is 2.43 bits per heavy atom. The number of carbonyl (C=O) groups excluding carboxylic acids is 3. The first-order valence-corrected chi connectivity index (χ1v) is 7.44. The van der Waals surface area contributed by atoms with Crippen LogP contribution in [0.4, 0.5) is 0 Å². The standard InChI is InChI=1S/C16H22N2O5/c1-3-9-17-14(19)10-18-15(20)11-22-16(21)12(2)23-13-7-5-4-6-8-13/h4-8,12H,3,9-11H2,1-2H3,(H,17,19)(H,18,20)/t12-/m1/s1. The monoisotopic (exact) mass is 322 g/mol. The second-order valence-corrected chi connectivity index (χ2v) is 4.81. The van der Waals surface area contributed by atoms with E-state index >= 15 is 0 Å². The first-order valence-electron chi connectivity index (χ1n) is 7.44. The van der Waals surface area contributed by atoms with Crippen molar-refractivity contribution in [2.45, 2.75) is 26.4 Å². The fraction of sp³-hybridized carbons (Fsp3) is 0.438. The van der Waals surface area contributed by atoms with Gasteiger partial charge in [-0.1, -0.05) is 25.1 Å². The molecular formula is C16H22N2O5. The van der Waals surface area contributed by atoms with Gasteiger partial charge in [0.05, 0.1) is 6.54 Å². The van der Waals surface area contributed by atoms with Gasteiger partial charge in [0.1, 0.15) is 5.75 Å². The summed E-state index contributed by atoms with van der Waals surface area (Å²) in [4.78, 5) is 34.5. The number of esters is 1. The van der Waals surface area contributed by atoms with Crippen LogP contribution in [0.5, 0.6) is 5.75 Å². The summed E-state index contributed by atoms with van der Waals surface area (Å²) in [6.07, 6.45) is -0.0191. The number of hydrogen-bond acceptors (Lipinski definition) is 5. The molecular weight excluding hydrogens is 300 g/mol. The normalized spacial score (nSPS) is 11.2. The number of carbonyl (C=O) groups is 3. The molecule has 0 bridgehead atoms. The highest BCUT2D eigenvalue weighted by atomic mass is 16.6. The van der Waals surface area contributed by atoms with Crippen molar-refractivity contribution in [3.63, 3.8) is 0 Å². The number of benzene rings is 1. The molecule has 0 aromatic heterocycles. The number of para-hydroxylation sites is 1. The molecule has 0 radical (unpaired) electrons. The minimum atomic E-state index is -0.835. The van der Waals surface area contributed by atoms with Gasteiger partial charge in [-0.25, -0.2) is 4.79 Å². The Bertz CT molecular complexity index is 518. The first kappa shape index (κ1) is 18.5. The second-order valence-electron chi connectivity index (χ2n) is 4.81. The predicted molar refractivity (Wildman–Crippen MR) is 83.8 cm³/mol. The lowest BCUT2D eigenvalue weighted by molar-refractivity contribution is -0.154. The molecule has 0 unspecified atom stereocenters. The van der Waals surface area contributed by atoms with Crippen LogP contribution in [0.15, 0.2) is 30.3 Å². The van der Waals surface area contributed by atoms with E-state index in [2.05, 4.69) is 10.6 Å². The fourth-order valence-electron chi connectivity index (χ4n) is 1.56. The molecule has 1 aromatic carbocycles. The number of hydrogen-bond donors (Lipinski definition) is 2. The maximum atomic E-state index is 11.7. The van der Waals surface area contributed by atoms with Crippen molar-refractivity contribution in [3.8, 4) is 5.75 Å². The Morgan fingerprint density at radius 2 is 1.78 bits per heavy atom. The van der Waals surface area contributed by atoms with Crippen LogP contribution in [0.3, 0.4) is 0 Å². The lowest BCUT2D eigenvalue weighted by atomic mass is 10.3. The third kappa shape index (κ3) is 7.85. The molecule has 0 heterocycles. The van der Waals surface area contributed by atoms with E-state index in [0.717, 1.165) is 6.42 Å². The summed E-state index contributed by atoms with van der Waals surface area (Å²) in [7, 11) is 0. The van der Waals surface area contributed by atoms with Gasteiger partial charge in [0, 0.05) is 6.54 Å². The van der Waals surface area contributed by atoms with Crippen LogP contribution in [-0.2, 0) is 19.1 Å². The molecule has 2 amide bonds. The van der Waals surface area contributed by atoms with E-state index in [1.807, 2.05) is 13.0 Å². The highest BCUT2D eigenvalue weighted by Gasteiger charge is 2.17. The van der Waals surface area contributed by atoms with Crippen molar-refractivity contribution >= 4 is 17.8 Å². The molecule has 0 saturated carbocycles. The number of rotatable bonds is 9. The maximum absolute atomic E-state index is 11.7. The predicted octanol–water partition coefficient (Wildman–Crippen LogP) is 0.640. The summed E-state index contributed by atoms with van der Waals surface area (Å²) < 4.78 is 10.2. The summed E-state index contributed by atoms with van der Waals surface area (Å²) in [5.41, 5.74) is 0. The van der Waals surface area contributed by atoms with E-state index in [1.54, 1.807) is 24.3 Å². The minimum absolute atomic E-state index is 0.146. The molecule has 1 atom stereocenters. The molecule has 0 aliphatic carbocycles. The van der Waals surface area contributed by atoms with Gasteiger partial charge in [-0.2, -0.15) is 0 Å². The van der Waals surface area contributed by atoms with Crippen molar-refractivity contribution < 1.29 is 23.9 Å². The summed E-state index contributed by atoms with van der Waals surface area (Å²) in [5, 5.41) is 4.98. The average Bonchev–Trinajstić information content (AvgIpc) is 2.56. The second kappa shape index (κ2) is 10.2. The van der Waals surface area contributed by atoms with E-state index in [4.69, 9.17) is 9.47 Å². The van der Waals surface area contributed by atoms with Gasteiger partial charge in [-0.05, 0) is 25.5 Å². The number of amides is 2. The van der Waals surface area contributed by atoms with Crippen LogP contribution in [0.2, 0.25) is 0 Å². The Hall–Kier alpha value is -2.57. The summed E-state index contributed by atoms with van der Waals surface area (Å²) in [6, 6.07) is 8.82. The third-order valence-electron chi connectivity index (χ3n) is 2.75. The van der Waals surface area contributed by atoms with Gasteiger partial charge in [-0.3, -0.25) is 9.59 Å². The average molecular weight is 322 g/mol. The fourth-order valence-corrected chi connectivity index (χ4v) is 1.56. The Balaban J connectivity index is 2.24. The molecule has 1 aromatic rings. The van der Waals surface area contributed by atoms with Gasteiger partial charge in [0.15, 0.2) is 12.7 Å². The van der Waals surface area contributed by atoms with E-state index in [-0.39, 0.29) is 12.5 Å². The first-order chi connectivity index (χ1) is 11.0. The molecule has 2 N–H and O–H groups in total. The van der Waals surface area contributed by atoms with Crippen LogP contribution in [0.1, 0.15) is 20.3 Å². The summed E-state index contributed by atoms with van der Waals surface area (Å²) in [5.74, 6) is -0.947. The smallest absolute Gasteiger partial charge is 0.347 e. The molecule has 23 heavy (non-hydrogen) atoms. The molecule has 126 valence electrons. The molecule has 7 heteroatoms. The zero-order valence-corrected chi connectivity index (χ0v) is 13.3. The van der Waals surface area contributed by atoms with E-state index < -0.39 is 24.6 Å². The van der Waals surface area contributed by atoms with Gasteiger partial charge in [0.2, 0.25) is 5.91 Å². The highest BCUT2D eigenvalue weighted by molar-refractivity contribution is 5.86. The van der Waals surface area contributed by atoms with Gasteiger partial charge in [0.25, 0.3) is 5.91 Å². The van der Waals surface area contributed by atoms with Crippen LogP contribution >= 0.6 is 0 Å². The Morgan fingerprint density at radius 1 is 1.09 bits per heavy atom. The minimum Gasteiger partial charge on any atom is -0.479 e. The molecule has 1 rings (SSSR count). The van der Waals surface area contributed by atoms with E-state index in [0.29, 0.717) is 12.3 Å². The molecule has 0 saturated heterocycles. The van der Waals surface area contributed by atoms with E-state index in [1.165, 1.54) is 6.92 Å². The lowest BCUT2D eigenvalue weighted by Gasteiger charge is -2.13. The van der Waals surface area contributed by atoms with Gasteiger partial charge in [-0.15, -0.1) is 0 Å². The van der Waals surface area contributed by atoms with Gasteiger partial charge < -0.3 is 20.1 Å². The van der Waals surface area contributed by atoms with Crippen LogP contribution in [-0.4, -0.2) is 43.6 Å². The highest BCUT2D eigenvalue weighted by Crippen LogP contribution is 2.11. The van der Waals surface area contributed by atoms with Crippen molar-refractivity contribution in [1.29, 1.82) is 0 Å². The van der Waals surface area contributed by atoms with Crippen molar-refractivity contribution in [1.82, 2.24) is 10.6 Å². The van der Waals surface area contributed by atoms with Crippen LogP contribution < -0.4 is 15.4 Å². The molecule has 0 aliphatic heterocycles. The molecule has 0 spiro atoms. The topological polar surface area (TPSA) is 93.7 Å². The van der Waals surface area contributed by atoms with E-state index in [9.17, 15) is 14.4 Å². The summed E-state index contributed by atoms with van der Waals surface area (Å²) >= 11 is 0.